The molecule has 146 valence electrons. The number of carbonyl (C=O) groups excluding carboxylic acids is 1. The van der Waals surface area contributed by atoms with Gasteiger partial charge in [0.15, 0.2) is 0 Å². The first-order valence-electron chi connectivity index (χ1n) is 8.89. The van der Waals surface area contributed by atoms with E-state index in [-0.39, 0.29) is 5.97 Å². The third-order valence-electron chi connectivity index (χ3n) is 4.02. The molecule has 1 aromatic heterocycles. The fourth-order valence-electron chi connectivity index (χ4n) is 2.51. The molecule has 2 aromatic carbocycles. The second-order valence-corrected chi connectivity index (χ2v) is 6.74. The lowest BCUT2D eigenvalue weighted by molar-refractivity contribution is 0.0526. The van der Waals surface area contributed by atoms with Crippen molar-refractivity contribution in [1.82, 2.24) is 4.98 Å². The van der Waals surface area contributed by atoms with Crippen LogP contribution in [0.3, 0.4) is 0 Å². The first-order chi connectivity index (χ1) is 14.1. The van der Waals surface area contributed by atoms with Gasteiger partial charge in [0.25, 0.3) is 0 Å². The number of esters is 1. The smallest absolute Gasteiger partial charge is 0.338 e. The highest BCUT2D eigenvalue weighted by molar-refractivity contribution is 7.11. The fraction of sp³-hybridized carbons (Fsp3) is 0.136. The van der Waals surface area contributed by atoms with E-state index in [1.54, 1.807) is 44.5 Å². The molecular formula is C22H19N3O3S. The van der Waals surface area contributed by atoms with Gasteiger partial charge in [-0.2, -0.15) is 5.26 Å². The van der Waals surface area contributed by atoms with Crippen molar-refractivity contribution in [1.29, 1.82) is 5.26 Å². The molecule has 0 saturated heterocycles. The van der Waals surface area contributed by atoms with Crippen molar-refractivity contribution < 1.29 is 14.3 Å². The summed E-state index contributed by atoms with van der Waals surface area (Å²) in [5, 5.41) is 15.1. The maximum atomic E-state index is 11.7. The number of carbonyl (C=O) groups is 1. The van der Waals surface area contributed by atoms with E-state index in [1.165, 1.54) is 11.3 Å². The second-order valence-electron chi connectivity index (χ2n) is 5.88. The topological polar surface area (TPSA) is 84.2 Å². The van der Waals surface area contributed by atoms with Crippen molar-refractivity contribution in [2.45, 2.75) is 6.92 Å². The van der Waals surface area contributed by atoms with Crippen LogP contribution < -0.4 is 10.1 Å². The molecule has 0 unspecified atom stereocenters. The summed E-state index contributed by atoms with van der Waals surface area (Å²) in [6.45, 7) is 2.10. The number of nitriles is 1. The van der Waals surface area contributed by atoms with Crippen molar-refractivity contribution in [3.8, 4) is 23.1 Å². The minimum atomic E-state index is -0.360. The Bertz CT molecular complexity index is 1050. The minimum Gasteiger partial charge on any atom is -0.497 e. The average Bonchev–Trinajstić information content (AvgIpc) is 3.25. The summed E-state index contributed by atoms with van der Waals surface area (Å²) in [5.74, 6) is 0.418. The maximum absolute atomic E-state index is 11.7. The molecular weight excluding hydrogens is 386 g/mol. The lowest BCUT2D eigenvalue weighted by Crippen LogP contribution is -2.04. The Balaban J connectivity index is 1.72. The summed E-state index contributed by atoms with van der Waals surface area (Å²) in [5.41, 5.74) is 3.40. The summed E-state index contributed by atoms with van der Waals surface area (Å²) >= 11 is 1.40. The van der Waals surface area contributed by atoms with Crippen LogP contribution in [-0.4, -0.2) is 24.7 Å². The molecule has 0 amide bonds. The number of nitrogens with one attached hydrogen (secondary N) is 1. The number of nitrogens with zero attached hydrogens (tertiary/aromatic N) is 2. The summed E-state index contributed by atoms with van der Waals surface area (Å²) in [7, 11) is 1.62. The molecule has 1 N–H and O–H groups in total. The Morgan fingerprint density at radius 3 is 2.55 bits per heavy atom. The molecule has 0 spiro atoms. The van der Waals surface area contributed by atoms with Gasteiger partial charge in [0.1, 0.15) is 22.4 Å². The number of thiazole rings is 1. The molecule has 0 aliphatic rings. The zero-order valence-corrected chi connectivity index (χ0v) is 16.8. The van der Waals surface area contributed by atoms with Gasteiger partial charge in [-0.25, -0.2) is 9.78 Å². The Labute approximate surface area is 173 Å². The average molecular weight is 405 g/mol. The number of methoxy groups -OCH3 is 1. The SMILES string of the molecule is CCOC(=O)c1ccc(N/C=C(/C#N)c2nc(-c3ccc(OC)cc3)cs2)cc1. The van der Waals surface area contributed by atoms with Crippen molar-refractivity contribution in [2.24, 2.45) is 0 Å². The van der Waals surface area contributed by atoms with Gasteiger partial charge in [-0.3, -0.25) is 0 Å². The Morgan fingerprint density at radius 1 is 1.21 bits per heavy atom. The van der Waals surface area contributed by atoms with Crippen LogP contribution in [0, 0.1) is 11.3 Å². The number of rotatable bonds is 7. The molecule has 0 bridgehead atoms. The Morgan fingerprint density at radius 2 is 1.93 bits per heavy atom. The highest BCUT2D eigenvalue weighted by Gasteiger charge is 2.10. The molecule has 0 saturated carbocycles. The summed E-state index contributed by atoms with van der Waals surface area (Å²) in [4.78, 5) is 16.3. The normalized spacial score (nSPS) is 10.9. The van der Waals surface area contributed by atoms with Crippen LogP contribution in [-0.2, 0) is 4.74 Å². The van der Waals surface area contributed by atoms with E-state index < -0.39 is 0 Å². The Kier molecular flexibility index (Phi) is 6.61. The number of hydrogen-bond donors (Lipinski definition) is 1. The fourth-order valence-corrected chi connectivity index (χ4v) is 3.30. The summed E-state index contributed by atoms with van der Waals surface area (Å²) in [6, 6.07) is 16.6. The molecule has 0 fully saturated rings. The summed E-state index contributed by atoms with van der Waals surface area (Å²) < 4.78 is 10.1. The van der Waals surface area contributed by atoms with Crippen molar-refractivity contribution in [3.05, 3.63) is 70.7 Å². The van der Waals surface area contributed by atoms with Crippen LogP contribution >= 0.6 is 11.3 Å². The number of allylic oxidation sites excluding steroid dienone is 1. The van der Waals surface area contributed by atoms with Crippen LogP contribution in [0.15, 0.2) is 60.1 Å². The largest absolute Gasteiger partial charge is 0.497 e. The van der Waals surface area contributed by atoms with E-state index in [2.05, 4.69) is 16.4 Å². The number of benzene rings is 2. The molecule has 1 heterocycles. The third-order valence-corrected chi connectivity index (χ3v) is 4.90. The van der Waals surface area contributed by atoms with E-state index in [1.807, 2.05) is 29.6 Å². The lowest BCUT2D eigenvalue weighted by atomic mass is 10.2. The van der Waals surface area contributed by atoms with Gasteiger partial charge in [0.05, 0.1) is 25.0 Å². The lowest BCUT2D eigenvalue weighted by Gasteiger charge is -2.04. The molecule has 29 heavy (non-hydrogen) atoms. The van der Waals surface area contributed by atoms with E-state index in [0.29, 0.717) is 22.8 Å². The van der Waals surface area contributed by atoms with E-state index in [4.69, 9.17) is 9.47 Å². The second kappa shape index (κ2) is 9.53. The number of anilines is 1. The Hall–Kier alpha value is -3.63. The predicted molar refractivity (Wildman–Crippen MR) is 114 cm³/mol. The third kappa shape index (κ3) is 5.00. The molecule has 0 aliphatic carbocycles. The monoisotopic (exact) mass is 405 g/mol. The maximum Gasteiger partial charge on any atom is 0.338 e. The highest BCUT2D eigenvalue weighted by atomic mass is 32.1. The quantitative estimate of drug-likeness (QED) is 0.441. The van der Waals surface area contributed by atoms with Gasteiger partial charge in [-0.15, -0.1) is 11.3 Å². The molecule has 6 nitrogen and oxygen atoms in total. The van der Waals surface area contributed by atoms with Gasteiger partial charge < -0.3 is 14.8 Å². The summed E-state index contributed by atoms with van der Waals surface area (Å²) in [6.07, 6.45) is 1.61. The standard InChI is InChI=1S/C22H19N3O3S/c1-3-28-22(26)16-4-8-18(9-5-16)24-13-17(12-23)21-25-20(14-29-21)15-6-10-19(27-2)11-7-15/h4-11,13-14,24H,3H2,1-2H3/b17-13-. The minimum absolute atomic E-state index is 0.333. The number of hydrogen-bond acceptors (Lipinski definition) is 7. The van der Waals surface area contributed by atoms with Crippen LogP contribution in [0.25, 0.3) is 16.8 Å². The van der Waals surface area contributed by atoms with E-state index >= 15 is 0 Å². The van der Waals surface area contributed by atoms with Crippen LogP contribution in [0.4, 0.5) is 5.69 Å². The van der Waals surface area contributed by atoms with Gasteiger partial charge in [-0.1, -0.05) is 0 Å². The van der Waals surface area contributed by atoms with E-state index in [9.17, 15) is 10.1 Å². The molecule has 3 aromatic rings. The first-order valence-corrected chi connectivity index (χ1v) is 9.77. The zero-order chi connectivity index (χ0) is 20.6. The van der Waals surface area contributed by atoms with Crippen LogP contribution in [0.2, 0.25) is 0 Å². The van der Waals surface area contributed by atoms with Crippen molar-refractivity contribution in [3.63, 3.8) is 0 Å². The molecule has 7 heteroatoms. The van der Waals surface area contributed by atoms with Gasteiger partial charge in [0.2, 0.25) is 0 Å². The van der Waals surface area contributed by atoms with Crippen LogP contribution in [0.1, 0.15) is 22.3 Å². The van der Waals surface area contributed by atoms with Crippen molar-refractivity contribution in [2.75, 3.05) is 19.0 Å². The van der Waals surface area contributed by atoms with Gasteiger partial charge >= 0.3 is 5.97 Å². The zero-order valence-electron chi connectivity index (χ0n) is 16.0. The number of aromatic nitrogens is 1. The van der Waals surface area contributed by atoms with Gasteiger partial charge in [0, 0.05) is 22.8 Å². The molecule has 0 atom stereocenters. The van der Waals surface area contributed by atoms with Gasteiger partial charge in [-0.05, 0) is 55.5 Å². The molecule has 0 aliphatic heterocycles. The van der Waals surface area contributed by atoms with Crippen molar-refractivity contribution >= 4 is 28.6 Å². The highest BCUT2D eigenvalue weighted by Crippen LogP contribution is 2.27. The first kappa shape index (κ1) is 20.1. The molecule has 3 rings (SSSR count). The predicted octanol–water partition coefficient (Wildman–Crippen LogP) is 4.97. The van der Waals surface area contributed by atoms with E-state index in [0.717, 1.165) is 22.7 Å². The number of ether oxygens (including phenoxy) is 2. The van der Waals surface area contributed by atoms with Crippen LogP contribution in [0.5, 0.6) is 5.75 Å². The molecule has 0 radical (unpaired) electrons.